The monoisotopic (exact) mass is 363 g/mol. The van der Waals surface area contributed by atoms with Crippen molar-refractivity contribution in [2.24, 2.45) is 0 Å². The van der Waals surface area contributed by atoms with E-state index in [4.69, 9.17) is 11.6 Å². The van der Waals surface area contributed by atoms with Crippen molar-refractivity contribution in [1.29, 1.82) is 0 Å². The van der Waals surface area contributed by atoms with Crippen molar-refractivity contribution in [1.82, 2.24) is 0 Å². The second-order valence-electron chi connectivity index (χ2n) is 5.11. The molecule has 1 unspecified atom stereocenters. The zero-order valence-electron chi connectivity index (χ0n) is 11.4. The summed E-state index contributed by atoms with van der Waals surface area (Å²) in [7, 11) is 0. The molecule has 0 bridgehead atoms. The summed E-state index contributed by atoms with van der Waals surface area (Å²) in [6, 6.07) is 16.1. The number of rotatable bonds is 3. The fourth-order valence-electron chi connectivity index (χ4n) is 2.85. The number of alkyl halides is 1. The van der Waals surface area contributed by atoms with Crippen LogP contribution in [0.25, 0.3) is 0 Å². The molecule has 2 aromatic rings. The number of hydrogen-bond acceptors (Lipinski definition) is 1. The first kappa shape index (κ1) is 14.6. The Balaban J connectivity index is 2.02. The number of anilines is 1. The van der Waals surface area contributed by atoms with Crippen LogP contribution in [0.2, 0.25) is 5.02 Å². The first-order chi connectivity index (χ1) is 10.2. The average Bonchev–Trinajstić information content (AvgIpc) is 2.87. The molecule has 3 rings (SSSR count). The van der Waals surface area contributed by atoms with Gasteiger partial charge in [0, 0.05) is 34.9 Å². The Morgan fingerprint density at radius 2 is 2.00 bits per heavy atom. The quantitative estimate of drug-likeness (QED) is 0.729. The highest BCUT2D eigenvalue weighted by atomic mass is 79.9. The van der Waals surface area contributed by atoms with E-state index in [1.165, 1.54) is 5.56 Å². The topological polar surface area (TPSA) is 20.3 Å². The molecule has 0 aromatic heterocycles. The van der Waals surface area contributed by atoms with Crippen molar-refractivity contribution >= 4 is 39.1 Å². The predicted octanol–water partition coefficient (Wildman–Crippen LogP) is 4.60. The Hall–Kier alpha value is -1.32. The van der Waals surface area contributed by atoms with Crippen LogP contribution in [0.5, 0.6) is 0 Å². The highest BCUT2D eigenvalue weighted by Crippen LogP contribution is 2.41. The lowest BCUT2D eigenvalue weighted by Crippen LogP contribution is -2.30. The summed E-state index contributed by atoms with van der Waals surface area (Å²) in [5, 5.41) is 1.39. The van der Waals surface area contributed by atoms with E-state index in [-0.39, 0.29) is 11.8 Å². The van der Waals surface area contributed by atoms with Crippen molar-refractivity contribution in [2.75, 3.05) is 16.8 Å². The molecule has 2 nitrogen and oxygen atoms in total. The molecule has 0 spiro atoms. The lowest BCUT2D eigenvalue weighted by molar-refractivity contribution is -0.118. The zero-order chi connectivity index (χ0) is 14.8. The Morgan fingerprint density at radius 1 is 1.24 bits per heavy atom. The van der Waals surface area contributed by atoms with Gasteiger partial charge in [-0.3, -0.25) is 4.79 Å². The predicted molar refractivity (Wildman–Crippen MR) is 90.5 cm³/mol. The summed E-state index contributed by atoms with van der Waals surface area (Å²) >= 11 is 9.49. The van der Waals surface area contributed by atoms with Gasteiger partial charge in [0.05, 0.1) is 0 Å². The summed E-state index contributed by atoms with van der Waals surface area (Å²) in [5.41, 5.74) is 3.34. The number of benzene rings is 2. The molecule has 1 amide bonds. The van der Waals surface area contributed by atoms with Gasteiger partial charge in [-0.1, -0.05) is 57.9 Å². The van der Waals surface area contributed by atoms with Gasteiger partial charge in [0.2, 0.25) is 5.91 Å². The summed E-state index contributed by atoms with van der Waals surface area (Å²) < 4.78 is 0. The Bertz CT molecular complexity index is 659. The minimum atomic E-state index is 0.147. The van der Waals surface area contributed by atoms with E-state index < -0.39 is 0 Å². The smallest absolute Gasteiger partial charge is 0.227 e. The summed E-state index contributed by atoms with van der Waals surface area (Å²) in [4.78, 5) is 14.2. The summed E-state index contributed by atoms with van der Waals surface area (Å²) in [5.74, 6) is 0.341. The molecule has 21 heavy (non-hydrogen) atoms. The third-order valence-electron chi connectivity index (χ3n) is 3.83. The van der Waals surface area contributed by atoms with Gasteiger partial charge >= 0.3 is 0 Å². The van der Waals surface area contributed by atoms with Crippen LogP contribution in [-0.2, 0) is 4.79 Å². The van der Waals surface area contributed by atoms with Gasteiger partial charge in [-0.2, -0.15) is 0 Å². The maximum absolute atomic E-state index is 12.3. The maximum Gasteiger partial charge on any atom is 0.227 e. The van der Waals surface area contributed by atoms with Crippen molar-refractivity contribution < 1.29 is 4.79 Å². The number of carbonyl (C=O) groups is 1. The van der Waals surface area contributed by atoms with E-state index >= 15 is 0 Å². The third kappa shape index (κ3) is 2.85. The number of halogens is 2. The fourth-order valence-corrected chi connectivity index (χ4v) is 3.37. The van der Waals surface area contributed by atoms with Crippen LogP contribution >= 0.6 is 27.5 Å². The largest absolute Gasteiger partial charge is 0.311 e. The van der Waals surface area contributed by atoms with Crippen molar-refractivity contribution in [2.45, 2.75) is 12.3 Å². The molecule has 0 aliphatic carbocycles. The van der Waals surface area contributed by atoms with Gasteiger partial charge in [-0.25, -0.2) is 0 Å². The molecule has 2 aromatic carbocycles. The van der Waals surface area contributed by atoms with E-state index in [2.05, 4.69) is 28.1 Å². The molecule has 1 atom stereocenters. The molecule has 1 heterocycles. The van der Waals surface area contributed by atoms with Crippen LogP contribution < -0.4 is 4.90 Å². The Labute approximate surface area is 137 Å². The summed E-state index contributed by atoms with van der Waals surface area (Å²) in [6.45, 7) is 0.686. The zero-order valence-corrected chi connectivity index (χ0v) is 13.8. The summed E-state index contributed by atoms with van der Waals surface area (Å²) in [6.07, 6.45) is 0.504. The van der Waals surface area contributed by atoms with E-state index in [1.807, 2.05) is 41.3 Å². The van der Waals surface area contributed by atoms with Crippen molar-refractivity contribution in [3.8, 4) is 0 Å². The standard InChI is InChI=1S/C17H15BrClNO/c18-9-8-17(21)20-11-15(12-4-2-1-3-5-12)14-10-13(19)6-7-16(14)20/h1-7,10,15H,8-9,11H2. The van der Waals surface area contributed by atoms with E-state index in [1.54, 1.807) is 0 Å². The fraction of sp³-hybridized carbons (Fsp3) is 0.235. The van der Waals surface area contributed by atoms with Gasteiger partial charge in [0.15, 0.2) is 0 Å². The SMILES string of the molecule is O=C(CCBr)N1CC(c2ccccc2)c2cc(Cl)ccc21. The molecule has 108 valence electrons. The van der Waals surface area contributed by atoms with Crippen LogP contribution in [0.3, 0.4) is 0 Å². The van der Waals surface area contributed by atoms with Crippen LogP contribution in [0, 0.1) is 0 Å². The van der Waals surface area contributed by atoms with Crippen LogP contribution in [0.4, 0.5) is 5.69 Å². The lowest BCUT2D eigenvalue weighted by atomic mass is 9.93. The molecule has 0 saturated carbocycles. The highest BCUT2D eigenvalue weighted by Gasteiger charge is 2.32. The molecule has 1 aliphatic rings. The molecule has 0 radical (unpaired) electrons. The van der Waals surface area contributed by atoms with Crippen LogP contribution in [0.15, 0.2) is 48.5 Å². The second kappa shape index (κ2) is 6.20. The van der Waals surface area contributed by atoms with Gasteiger partial charge < -0.3 is 4.90 Å². The molecular formula is C17H15BrClNO. The van der Waals surface area contributed by atoms with E-state index in [0.29, 0.717) is 23.3 Å². The molecular weight excluding hydrogens is 350 g/mol. The molecule has 0 fully saturated rings. The normalized spacial score (nSPS) is 16.9. The first-order valence-electron chi connectivity index (χ1n) is 6.91. The number of nitrogens with zero attached hydrogens (tertiary/aromatic N) is 1. The van der Waals surface area contributed by atoms with Gasteiger partial charge in [-0.15, -0.1) is 0 Å². The maximum atomic E-state index is 12.3. The third-order valence-corrected chi connectivity index (χ3v) is 4.46. The molecule has 1 aliphatic heterocycles. The van der Waals surface area contributed by atoms with Crippen LogP contribution in [0.1, 0.15) is 23.5 Å². The number of amides is 1. The Morgan fingerprint density at radius 3 is 2.71 bits per heavy atom. The van der Waals surface area contributed by atoms with E-state index in [0.717, 1.165) is 11.3 Å². The molecule has 0 N–H and O–H groups in total. The minimum Gasteiger partial charge on any atom is -0.311 e. The Kier molecular flexibility index (Phi) is 4.32. The number of fused-ring (bicyclic) bond motifs is 1. The highest BCUT2D eigenvalue weighted by molar-refractivity contribution is 9.09. The second-order valence-corrected chi connectivity index (χ2v) is 6.34. The van der Waals surface area contributed by atoms with Crippen molar-refractivity contribution in [3.05, 3.63) is 64.7 Å². The number of hydrogen-bond donors (Lipinski definition) is 0. The molecule has 4 heteroatoms. The van der Waals surface area contributed by atoms with Gasteiger partial charge in [-0.05, 0) is 29.3 Å². The number of carbonyl (C=O) groups excluding carboxylic acids is 1. The van der Waals surface area contributed by atoms with Crippen molar-refractivity contribution in [3.63, 3.8) is 0 Å². The van der Waals surface area contributed by atoms with Crippen LogP contribution in [-0.4, -0.2) is 17.8 Å². The molecule has 0 saturated heterocycles. The lowest BCUT2D eigenvalue weighted by Gasteiger charge is -2.17. The van der Waals surface area contributed by atoms with Gasteiger partial charge in [0.25, 0.3) is 0 Å². The van der Waals surface area contributed by atoms with E-state index in [9.17, 15) is 4.79 Å². The minimum absolute atomic E-state index is 0.147. The average molecular weight is 365 g/mol. The first-order valence-corrected chi connectivity index (χ1v) is 8.41. The van der Waals surface area contributed by atoms with Gasteiger partial charge in [0.1, 0.15) is 0 Å².